The molecule has 0 radical (unpaired) electrons. The summed E-state index contributed by atoms with van der Waals surface area (Å²) in [6.07, 6.45) is 2.97. The molecule has 1 aromatic carbocycles. The molecule has 6 heteroatoms. The van der Waals surface area contributed by atoms with E-state index < -0.39 is 7.82 Å². The highest BCUT2D eigenvalue weighted by atomic mass is 31.2. The summed E-state index contributed by atoms with van der Waals surface area (Å²) in [7, 11) is -4.54. The lowest BCUT2D eigenvalue weighted by molar-refractivity contribution is 0.283. The van der Waals surface area contributed by atoms with Crippen molar-refractivity contribution >= 4 is 13.9 Å². The molecule has 0 aromatic heterocycles. The van der Waals surface area contributed by atoms with Gasteiger partial charge < -0.3 is 9.63 Å². The molecular weight excluding hydrogens is 231 g/mol. The van der Waals surface area contributed by atoms with Gasteiger partial charge in [0.15, 0.2) is 0 Å². The molecule has 1 rings (SSSR count). The maximum atomic E-state index is 10.6. The predicted octanol–water partition coefficient (Wildman–Crippen LogP) is 1.80. The van der Waals surface area contributed by atoms with Gasteiger partial charge in [-0.3, -0.25) is 9.79 Å². The first-order valence-electron chi connectivity index (χ1n) is 4.14. The van der Waals surface area contributed by atoms with E-state index in [0.29, 0.717) is 5.56 Å². The Hall–Kier alpha value is -1.13. The van der Waals surface area contributed by atoms with E-state index in [2.05, 4.69) is 4.52 Å². The molecule has 3 N–H and O–H groups in total. The Labute approximate surface area is 94.3 Å². The maximum absolute atomic E-state index is 10.6. The van der Waals surface area contributed by atoms with Crippen LogP contribution < -0.4 is 4.52 Å². The molecule has 5 nitrogen and oxygen atoms in total. The normalized spacial score (nSPS) is 11.2. The third-order valence-corrected chi connectivity index (χ3v) is 1.97. The minimum atomic E-state index is -4.54. The van der Waals surface area contributed by atoms with Crippen LogP contribution in [0.5, 0.6) is 5.75 Å². The van der Waals surface area contributed by atoms with Crippen molar-refractivity contribution in [3.63, 3.8) is 0 Å². The highest BCUT2D eigenvalue weighted by molar-refractivity contribution is 7.46. The van der Waals surface area contributed by atoms with E-state index in [1.54, 1.807) is 18.2 Å². The zero-order chi connectivity index (χ0) is 11.3. The summed E-state index contributed by atoms with van der Waals surface area (Å²) >= 11 is 0. The van der Waals surface area contributed by atoms with Crippen molar-refractivity contribution in [2.75, 3.05) is 6.61 Å². The van der Waals surface area contributed by atoms with E-state index >= 15 is 0 Å². The number of para-hydroxylation sites is 1. The Morgan fingerprint density at radius 1 is 1.31 bits per heavy atom. The number of phosphoric ester groups is 1. The van der Waals surface area contributed by atoms with Crippen molar-refractivity contribution in [3.8, 4) is 5.75 Å². The lowest BCUT2D eigenvalue weighted by Gasteiger charge is -2.08. The van der Waals surface area contributed by atoms with Crippen molar-refractivity contribution in [1.82, 2.24) is 0 Å². The van der Waals surface area contributed by atoms with Gasteiger partial charge in [0, 0.05) is 5.56 Å². The highest BCUT2D eigenvalue weighted by Crippen LogP contribution is 2.39. The van der Waals surface area contributed by atoms with Crippen LogP contribution in [0.1, 0.15) is 13.0 Å². The molecule has 90 valence electrons. The van der Waals surface area contributed by atoms with Gasteiger partial charge in [0.2, 0.25) is 0 Å². The molecular formula is C10H15O5P. The van der Waals surface area contributed by atoms with Gasteiger partial charge in [0.25, 0.3) is 0 Å². The van der Waals surface area contributed by atoms with Crippen LogP contribution in [-0.2, 0) is 4.57 Å². The number of phosphoric acid groups is 1. The number of hydrogen-bond acceptors (Lipinski definition) is 3. The smallest absolute Gasteiger partial charge is 0.404 e. The number of rotatable bonds is 4. The SMILES string of the molecule is C.O=P(O)(O)Oc1ccccc1/C=C\CO. The summed E-state index contributed by atoms with van der Waals surface area (Å²) in [4.78, 5) is 17.3. The third-order valence-electron chi connectivity index (χ3n) is 1.54. The van der Waals surface area contributed by atoms with E-state index in [-0.39, 0.29) is 19.8 Å². The zero-order valence-electron chi connectivity index (χ0n) is 7.78. The third kappa shape index (κ3) is 5.09. The first kappa shape index (κ1) is 14.9. The molecule has 0 heterocycles. The quantitative estimate of drug-likeness (QED) is 0.705. The first-order valence-corrected chi connectivity index (χ1v) is 5.67. The Morgan fingerprint density at radius 3 is 2.50 bits per heavy atom. The zero-order valence-corrected chi connectivity index (χ0v) is 8.67. The van der Waals surface area contributed by atoms with Crippen LogP contribution >= 0.6 is 7.82 Å². The summed E-state index contributed by atoms with van der Waals surface area (Å²) < 4.78 is 15.1. The van der Waals surface area contributed by atoms with Gasteiger partial charge >= 0.3 is 7.82 Å². The topological polar surface area (TPSA) is 87.0 Å². The fourth-order valence-corrected chi connectivity index (χ4v) is 1.43. The summed E-state index contributed by atoms with van der Waals surface area (Å²) in [5.41, 5.74) is 0.495. The molecule has 0 bridgehead atoms. The Kier molecular flexibility index (Phi) is 6.00. The lowest BCUT2D eigenvalue weighted by Crippen LogP contribution is -1.92. The average molecular weight is 246 g/mol. The predicted molar refractivity (Wildman–Crippen MR) is 62.0 cm³/mol. The van der Waals surface area contributed by atoms with E-state index in [0.717, 1.165) is 0 Å². The van der Waals surface area contributed by atoms with Crippen molar-refractivity contribution in [2.45, 2.75) is 7.43 Å². The maximum Gasteiger partial charge on any atom is 0.524 e. The Balaban J connectivity index is 0.00000225. The second kappa shape index (κ2) is 6.45. The molecule has 0 fully saturated rings. The van der Waals surface area contributed by atoms with Gasteiger partial charge in [-0.05, 0) is 6.07 Å². The summed E-state index contributed by atoms with van der Waals surface area (Å²) in [5, 5.41) is 8.57. The largest absolute Gasteiger partial charge is 0.524 e. The van der Waals surface area contributed by atoms with Gasteiger partial charge in [0.1, 0.15) is 5.75 Å². The number of benzene rings is 1. The van der Waals surface area contributed by atoms with Crippen molar-refractivity contribution in [1.29, 1.82) is 0 Å². The molecule has 0 aliphatic carbocycles. The van der Waals surface area contributed by atoms with E-state index in [4.69, 9.17) is 14.9 Å². The first-order chi connectivity index (χ1) is 7.03. The minimum Gasteiger partial charge on any atom is -0.404 e. The molecule has 0 unspecified atom stereocenters. The molecule has 0 atom stereocenters. The van der Waals surface area contributed by atoms with Crippen LogP contribution in [0, 0.1) is 0 Å². The molecule has 16 heavy (non-hydrogen) atoms. The van der Waals surface area contributed by atoms with Crippen LogP contribution in [0.15, 0.2) is 30.3 Å². The van der Waals surface area contributed by atoms with Gasteiger partial charge in [-0.1, -0.05) is 37.8 Å². The summed E-state index contributed by atoms with van der Waals surface area (Å²) in [6, 6.07) is 6.36. The molecule has 0 amide bonds. The fraction of sp³-hybridized carbons (Fsp3) is 0.200. The molecule has 0 spiro atoms. The molecule has 0 saturated heterocycles. The van der Waals surface area contributed by atoms with E-state index in [1.165, 1.54) is 18.2 Å². The lowest BCUT2D eigenvalue weighted by atomic mass is 10.2. The Morgan fingerprint density at radius 2 is 1.94 bits per heavy atom. The van der Waals surface area contributed by atoms with Crippen molar-refractivity contribution < 1.29 is 24.0 Å². The molecule has 0 aliphatic rings. The second-order valence-electron chi connectivity index (χ2n) is 2.70. The van der Waals surface area contributed by atoms with Gasteiger partial charge in [-0.2, -0.15) is 0 Å². The average Bonchev–Trinajstić information content (AvgIpc) is 2.14. The van der Waals surface area contributed by atoms with Crippen LogP contribution in [0.3, 0.4) is 0 Å². The second-order valence-corrected chi connectivity index (χ2v) is 3.87. The highest BCUT2D eigenvalue weighted by Gasteiger charge is 2.16. The number of aliphatic hydroxyl groups is 1. The van der Waals surface area contributed by atoms with Gasteiger partial charge in [-0.15, -0.1) is 0 Å². The number of aliphatic hydroxyl groups excluding tert-OH is 1. The van der Waals surface area contributed by atoms with Crippen molar-refractivity contribution in [3.05, 3.63) is 35.9 Å². The number of hydrogen-bond donors (Lipinski definition) is 3. The van der Waals surface area contributed by atoms with Crippen LogP contribution in [0.2, 0.25) is 0 Å². The van der Waals surface area contributed by atoms with Crippen LogP contribution in [0.25, 0.3) is 6.08 Å². The monoisotopic (exact) mass is 246 g/mol. The van der Waals surface area contributed by atoms with Crippen LogP contribution in [0.4, 0.5) is 0 Å². The standard InChI is InChI=1S/C9H11O5P.CH4/c10-7-3-5-8-4-1-2-6-9(8)14-15(11,12)13;/h1-6,10H,7H2,(H2,11,12,13);1H4/b5-3-;. The summed E-state index contributed by atoms with van der Waals surface area (Å²) in [6.45, 7) is -0.149. The minimum absolute atomic E-state index is 0. The van der Waals surface area contributed by atoms with Gasteiger partial charge in [0.05, 0.1) is 6.61 Å². The van der Waals surface area contributed by atoms with Crippen LogP contribution in [-0.4, -0.2) is 21.5 Å². The molecule has 1 aromatic rings. The Bertz CT molecular complexity index is 396. The molecule has 0 aliphatic heterocycles. The van der Waals surface area contributed by atoms with Crippen molar-refractivity contribution in [2.24, 2.45) is 0 Å². The fourth-order valence-electron chi connectivity index (χ4n) is 1.01. The molecule has 0 saturated carbocycles. The van der Waals surface area contributed by atoms with Gasteiger partial charge in [-0.25, -0.2) is 4.57 Å². The van der Waals surface area contributed by atoms with E-state index in [1.807, 2.05) is 0 Å². The van der Waals surface area contributed by atoms with E-state index in [9.17, 15) is 4.57 Å². The summed E-state index contributed by atoms with van der Waals surface area (Å²) in [5.74, 6) is 0.0792.